The van der Waals surface area contributed by atoms with Gasteiger partial charge < -0.3 is 19.5 Å². The third-order valence-corrected chi connectivity index (χ3v) is 5.28. The Kier molecular flexibility index (Phi) is 7.40. The number of ether oxygens (including phenoxy) is 2. The van der Waals surface area contributed by atoms with E-state index in [0.29, 0.717) is 34.3 Å². The largest absolute Gasteiger partial charge is 0.497 e. The molecule has 0 radical (unpaired) electrons. The second-order valence-electron chi connectivity index (χ2n) is 6.87. The highest BCUT2D eigenvalue weighted by Gasteiger charge is 2.19. The van der Waals surface area contributed by atoms with Gasteiger partial charge in [-0.2, -0.15) is 5.10 Å². The standard InChI is InChI=1S/C22H22ClN5O3.ClH/c1-27-13-14(11-25-27)19-12-24-17-5-4-15(8-18(17)26-19)28(6-7-29)20-9-16(30-2)10-21(31-3)22(20)23;/h4-5,8-13,29H,6-7H2,1-3H3;1H. The monoisotopic (exact) mass is 475 g/mol. The van der Waals surface area contributed by atoms with Crippen LogP contribution in [0.4, 0.5) is 11.4 Å². The minimum atomic E-state index is -0.0741. The molecule has 2 aromatic carbocycles. The molecule has 168 valence electrons. The van der Waals surface area contributed by atoms with Crippen molar-refractivity contribution in [1.82, 2.24) is 19.7 Å². The number of aryl methyl sites for hydroxylation is 1. The van der Waals surface area contributed by atoms with Gasteiger partial charge in [-0.1, -0.05) is 11.6 Å². The first-order chi connectivity index (χ1) is 15.0. The molecule has 32 heavy (non-hydrogen) atoms. The van der Waals surface area contributed by atoms with Crippen molar-refractivity contribution in [3.63, 3.8) is 0 Å². The van der Waals surface area contributed by atoms with Crippen LogP contribution in [0.5, 0.6) is 11.5 Å². The topological polar surface area (TPSA) is 85.5 Å². The minimum Gasteiger partial charge on any atom is -0.497 e. The molecule has 2 aromatic heterocycles. The maximum absolute atomic E-state index is 9.73. The number of hydrogen-bond acceptors (Lipinski definition) is 7. The number of nitrogens with zero attached hydrogens (tertiary/aromatic N) is 5. The van der Waals surface area contributed by atoms with E-state index in [1.54, 1.807) is 37.4 Å². The van der Waals surface area contributed by atoms with E-state index in [1.165, 1.54) is 0 Å². The summed E-state index contributed by atoms with van der Waals surface area (Å²) in [5, 5.41) is 14.3. The van der Waals surface area contributed by atoms with Crippen LogP contribution >= 0.6 is 24.0 Å². The molecule has 0 unspecified atom stereocenters. The predicted octanol–water partition coefficient (Wildman–Crippen LogP) is 4.25. The van der Waals surface area contributed by atoms with Crippen LogP contribution in [-0.4, -0.2) is 52.2 Å². The molecule has 0 spiro atoms. The molecule has 0 fully saturated rings. The van der Waals surface area contributed by atoms with Gasteiger partial charge in [0.15, 0.2) is 0 Å². The molecule has 0 aliphatic heterocycles. The average Bonchev–Trinajstić information content (AvgIpc) is 3.23. The van der Waals surface area contributed by atoms with Gasteiger partial charge in [0.2, 0.25) is 0 Å². The number of anilines is 2. The van der Waals surface area contributed by atoms with Gasteiger partial charge in [0.05, 0.1) is 55.6 Å². The zero-order chi connectivity index (χ0) is 22.0. The number of halogens is 2. The molecule has 4 rings (SSSR count). The number of aliphatic hydroxyl groups excluding tert-OH is 1. The van der Waals surface area contributed by atoms with Crippen molar-refractivity contribution in [2.75, 3.05) is 32.3 Å². The molecule has 0 bridgehead atoms. The van der Waals surface area contributed by atoms with Crippen molar-refractivity contribution in [1.29, 1.82) is 0 Å². The molecule has 10 heteroatoms. The number of benzene rings is 2. The van der Waals surface area contributed by atoms with Gasteiger partial charge >= 0.3 is 0 Å². The van der Waals surface area contributed by atoms with Crippen LogP contribution in [0.2, 0.25) is 5.02 Å². The van der Waals surface area contributed by atoms with Crippen LogP contribution in [0.1, 0.15) is 0 Å². The summed E-state index contributed by atoms with van der Waals surface area (Å²) in [4.78, 5) is 11.2. The maximum atomic E-state index is 9.73. The number of hydrogen-bond donors (Lipinski definition) is 1. The summed E-state index contributed by atoms with van der Waals surface area (Å²) in [5.41, 5.74) is 4.55. The maximum Gasteiger partial charge on any atom is 0.143 e. The Morgan fingerprint density at radius 1 is 1.09 bits per heavy atom. The van der Waals surface area contributed by atoms with E-state index >= 15 is 0 Å². The van der Waals surface area contributed by atoms with Crippen molar-refractivity contribution in [2.45, 2.75) is 0 Å². The third kappa shape index (κ3) is 4.57. The van der Waals surface area contributed by atoms with E-state index in [9.17, 15) is 5.11 Å². The van der Waals surface area contributed by atoms with Crippen molar-refractivity contribution in [3.05, 3.63) is 53.9 Å². The molecule has 0 aliphatic carbocycles. The Balaban J connectivity index is 0.00000289. The lowest BCUT2D eigenvalue weighted by Crippen LogP contribution is -2.21. The average molecular weight is 476 g/mol. The van der Waals surface area contributed by atoms with Gasteiger partial charge in [-0.3, -0.25) is 9.67 Å². The Morgan fingerprint density at radius 2 is 1.91 bits per heavy atom. The van der Waals surface area contributed by atoms with Crippen LogP contribution < -0.4 is 14.4 Å². The van der Waals surface area contributed by atoms with Crippen molar-refractivity contribution in [3.8, 4) is 22.8 Å². The number of aliphatic hydroxyl groups is 1. The summed E-state index contributed by atoms with van der Waals surface area (Å²) >= 11 is 6.60. The van der Waals surface area contributed by atoms with E-state index in [2.05, 4.69) is 10.1 Å². The summed E-state index contributed by atoms with van der Waals surface area (Å²) in [6.07, 6.45) is 5.37. The van der Waals surface area contributed by atoms with Crippen LogP contribution in [0.15, 0.2) is 48.9 Å². The first-order valence-electron chi connectivity index (χ1n) is 9.59. The van der Waals surface area contributed by atoms with Crippen molar-refractivity contribution < 1.29 is 14.6 Å². The zero-order valence-corrected chi connectivity index (χ0v) is 19.4. The first kappa shape index (κ1) is 23.6. The number of rotatable bonds is 7. The lowest BCUT2D eigenvalue weighted by molar-refractivity contribution is 0.305. The lowest BCUT2D eigenvalue weighted by Gasteiger charge is -2.26. The van der Waals surface area contributed by atoms with E-state index in [-0.39, 0.29) is 19.0 Å². The summed E-state index contributed by atoms with van der Waals surface area (Å²) in [7, 11) is 4.98. The third-order valence-electron chi connectivity index (χ3n) is 4.90. The summed E-state index contributed by atoms with van der Waals surface area (Å²) in [5.74, 6) is 1.08. The Morgan fingerprint density at radius 3 is 2.56 bits per heavy atom. The number of aromatic nitrogens is 4. The molecular formula is C22H23Cl2N5O3. The molecule has 4 aromatic rings. The van der Waals surface area contributed by atoms with Crippen LogP contribution in [-0.2, 0) is 7.05 Å². The molecule has 1 N–H and O–H groups in total. The highest BCUT2D eigenvalue weighted by Crippen LogP contribution is 2.41. The fourth-order valence-electron chi connectivity index (χ4n) is 3.37. The van der Waals surface area contributed by atoms with Crippen LogP contribution in [0.25, 0.3) is 22.3 Å². The van der Waals surface area contributed by atoms with Gasteiger partial charge in [-0.15, -0.1) is 12.4 Å². The minimum absolute atomic E-state index is 0. The second kappa shape index (κ2) is 10.0. The second-order valence-corrected chi connectivity index (χ2v) is 7.25. The Hall–Kier alpha value is -3.07. The van der Waals surface area contributed by atoms with Gasteiger partial charge in [-0.25, -0.2) is 4.98 Å². The Bertz CT molecular complexity index is 1230. The smallest absolute Gasteiger partial charge is 0.143 e. The van der Waals surface area contributed by atoms with Gasteiger partial charge in [0.25, 0.3) is 0 Å². The first-order valence-corrected chi connectivity index (χ1v) is 9.97. The van der Waals surface area contributed by atoms with Crippen molar-refractivity contribution in [2.24, 2.45) is 7.05 Å². The summed E-state index contributed by atoms with van der Waals surface area (Å²) in [6.45, 7) is 0.243. The normalized spacial score (nSPS) is 10.7. The lowest BCUT2D eigenvalue weighted by atomic mass is 10.2. The zero-order valence-electron chi connectivity index (χ0n) is 17.8. The van der Waals surface area contributed by atoms with Crippen LogP contribution in [0.3, 0.4) is 0 Å². The molecule has 2 heterocycles. The molecule has 8 nitrogen and oxygen atoms in total. The molecule has 0 atom stereocenters. The molecule has 0 amide bonds. The van der Waals surface area contributed by atoms with Gasteiger partial charge in [0, 0.05) is 43.2 Å². The van der Waals surface area contributed by atoms with Crippen LogP contribution in [0, 0.1) is 0 Å². The van der Waals surface area contributed by atoms with Gasteiger partial charge in [-0.05, 0) is 18.2 Å². The molecule has 0 saturated heterocycles. The molecule has 0 aliphatic rings. The van der Waals surface area contributed by atoms with E-state index in [4.69, 9.17) is 26.1 Å². The molecule has 0 saturated carbocycles. The SMILES string of the molecule is COc1cc(OC)c(Cl)c(N(CCO)c2ccc3ncc(-c4cnn(C)c4)nc3c2)c1.Cl. The van der Waals surface area contributed by atoms with E-state index < -0.39 is 0 Å². The van der Waals surface area contributed by atoms with Crippen molar-refractivity contribution >= 4 is 46.4 Å². The Labute approximate surface area is 196 Å². The van der Waals surface area contributed by atoms with E-state index in [0.717, 1.165) is 22.5 Å². The van der Waals surface area contributed by atoms with E-state index in [1.807, 2.05) is 42.4 Å². The highest BCUT2D eigenvalue weighted by atomic mass is 35.5. The quantitative estimate of drug-likeness (QED) is 0.427. The fourth-order valence-corrected chi connectivity index (χ4v) is 3.66. The summed E-state index contributed by atoms with van der Waals surface area (Å²) in [6, 6.07) is 9.25. The predicted molar refractivity (Wildman–Crippen MR) is 128 cm³/mol. The summed E-state index contributed by atoms with van der Waals surface area (Å²) < 4.78 is 12.5. The fraction of sp³-hybridized carbons (Fsp3) is 0.227. The number of fused-ring (bicyclic) bond motifs is 1. The highest BCUT2D eigenvalue weighted by molar-refractivity contribution is 6.35. The van der Waals surface area contributed by atoms with Gasteiger partial charge in [0.1, 0.15) is 16.5 Å². The number of methoxy groups -OCH3 is 2. The molecular weight excluding hydrogens is 453 g/mol.